The zero-order chi connectivity index (χ0) is 12.3. The summed E-state index contributed by atoms with van der Waals surface area (Å²) in [7, 11) is 0. The fraction of sp³-hybridized carbons (Fsp3) is 0.500. The zero-order valence-corrected chi connectivity index (χ0v) is 10.4. The summed E-state index contributed by atoms with van der Waals surface area (Å²) in [5.74, 6) is 0.238. The third kappa shape index (κ3) is 2.99. The minimum absolute atomic E-state index is 0.238. The first kappa shape index (κ1) is 12.0. The van der Waals surface area contributed by atoms with Crippen molar-refractivity contribution >= 4 is 11.6 Å². The van der Waals surface area contributed by atoms with E-state index in [0.29, 0.717) is 12.5 Å². The van der Waals surface area contributed by atoms with Crippen LogP contribution in [0.5, 0.6) is 0 Å². The van der Waals surface area contributed by atoms with E-state index in [4.69, 9.17) is 5.73 Å². The molecule has 0 spiro atoms. The quantitative estimate of drug-likeness (QED) is 0.795. The zero-order valence-electron chi connectivity index (χ0n) is 10.4. The van der Waals surface area contributed by atoms with Crippen LogP contribution < -0.4 is 5.73 Å². The molecule has 1 atom stereocenters. The van der Waals surface area contributed by atoms with Gasteiger partial charge in [0.2, 0.25) is 5.91 Å². The average molecular weight is 232 g/mol. The third-order valence-electron chi connectivity index (χ3n) is 3.46. The first-order chi connectivity index (χ1) is 8.16. The second-order valence-corrected chi connectivity index (χ2v) is 4.85. The van der Waals surface area contributed by atoms with E-state index in [2.05, 4.69) is 6.92 Å². The lowest BCUT2D eigenvalue weighted by Gasteiger charge is -2.33. The maximum absolute atomic E-state index is 12.2. The fourth-order valence-electron chi connectivity index (χ4n) is 2.38. The molecule has 17 heavy (non-hydrogen) atoms. The lowest BCUT2D eigenvalue weighted by Crippen LogP contribution is -2.42. The van der Waals surface area contributed by atoms with Crippen LogP contribution in [-0.4, -0.2) is 23.4 Å². The maximum atomic E-state index is 12.2. The number of rotatable bonds is 2. The number of nitrogens with two attached hydrogens (primary N) is 1. The number of hydrogen-bond donors (Lipinski definition) is 1. The first-order valence-corrected chi connectivity index (χ1v) is 6.30. The van der Waals surface area contributed by atoms with Gasteiger partial charge in [-0.1, -0.05) is 12.1 Å². The Kier molecular flexibility index (Phi) is 3.67. The van der Waals surface area contributed by atoms with E-state index < -0.39 is 0 Å². The Bertz CT molecular complexity index is 386. The van der Waals surface area contributed by atoms with Crippen LogP contribution in [0.25, 0.3) is 0 Å². The van der Waals surface area contributed by atoms with Gasteiger partial charge in [-0.3, -0.25) is 4.79 Å². The SMILES string of the molecule is C[C@H]1CCCCN1C(=O)Cc1ccc(N)cc1. The number of nitrogens with zero attached hydrogens (tertiary/aromatic N) is 1. The molecule has 0 aliphatic carbocycles. The van der Waals surface area contributed by atoms with Crippen molar-refractivity contribution in [3.8, 4) is 0 Å². The van der Waals surface area contributed by atoms with Gasteiger partial charge in [0.15, 0.2) is 0 Å². The molecule has 1 aromatic carbocycles. The smallest absolute Gasteiger partial charge is 0.227 e. The summed E-state index contributed by atoms with van der Waals surface area (Å²) in [4.78, 5) is 14.2. The Morgan fingerprint density at radius 2 is 2.06 bits per heavy atom. The third-order valence-corrected chi connectivity index (χ3v) is 3.46. The summed E-state index contributed by atoms with van der Waals surface area (Å²) in [6, 6.07) is 7.96. The number of nitrogen functional groups attached to an aromatic ring is 1. The van der Waals surface area contributed by atoms with E-state index in [0.717, 1.165) is 30.6 Å². The Morgan fingerprint density at radius 3 is 2.71 bits per heavy atom. The van der Waals surface area contributed by atoms with Gasteiger partial charge in [-0.25, -0.2) is 0 Å². The molecule has 1 aliphatic heterocycles. The van der Waals surface area contributed by atoms with Gasteiger partial charge in [0.1, 0.15) is 0 Å². The molecule has 1 heterocycles. The highest BCUT2D eigenvalue weighted by Crippen LogP contribution is 2.18. The highest BCUT2D eigenvalue weighted by atomic mass is 16.2. The molecular weight excluding hydrogens is 212 g/mol. The normalized spacial score (nSPS) is 20.3. The van der Waals surface area contributed by atoms with Crippen molar-refractivity contribution in [2.75, 3.05) is 12.3 Å². The van der Waals surface area contributed by atoms with E-state index in [1.807, 2.05) is 29.2 Å². The lowest BCUT2D eigenvalue weighted by atomic mass is 10.0. The minimum atomic E-state index is 0.238. The van der Waals surface area contributed by atoms with Crippen LogP contribution in [0.2, 0.25) is 0 Å². The van der Waals surface area contributed by atoms with Crippen LogP contribution in [0.1, 0.15) is 31.7 Å². The number of hydrogen-bond acceptors (Lipinski definition) is 2. The number of piperidine rings is 1. The Labute approximate surface area is 103 Å². The molecule has 0 radical (unpaired) electrons. The van der Waals surface area contributed by atoms with Gasteiger partial charge in [-0.2, -0.15) is 0 Å². The number of amides is 1. The molecule has 3 nitrogen and oxygen atoms in total. The first-order valence-electron chi connectivity index (χ1n) is 6.30. The van der Waals surface area contributed by atoms with Gasteiger partial charge < -0.3 is 10.6 Å². The fourth-order valence-corrected chi connectivity index (χ4v) is 2.38. The van der Waals surface area contributed by atoms with Crippen molar-refractivity contribution in [3.63, 3.8) is 0 Å². The largest absolute Gasteiger partial charge is 0.399 e. The molecule has 92 valence electrons. The molecule has 3 heteroatoms. The van der Waals surface area contributed by atoms with E-state index >= 15 is 0 Å². The van der Waals surface area contributed by atoms with E-state index in [1.54, 1.807) is 0 Å². The van der Waals surface area contributed by atoms with Crippen molar-refractivity contribution in [1.82, 2.24) is 4.90 Å². The summed E-state index contributed by atoms with van der Waals surface area (Å²) < 4.78 is 0. The number of likely N-dealkylation sites (tertiary alicyclic amines) is 1. The van der Waals surface area contributed by atoms with Crippen molar-refractivity contribution in [1.29, 1.82) is 0 Å². The van der Waals surface area contributed by atoms with Crippen LogP contribution in [0.4, 0.5) is 5.69 Å². The summed E-state index contributed by atoms with van der Waals surface area (Å²) in [6.07, 6.45) is 4.00. The molecule has 1 amide bonds. The summed E-state index contributed by atoms with van der Waals surface area (Å²) in [5, 5.41) is 0. The van der Waals surface area contributed by atoms with Gasteiger partial charge >= 0.3 is 0 Å². The van der Waals surface area contributed by atoms with Gasteiger partial charge in [-0.15, -0.1) is 0 Å². The van der Waals surface area contributed by atoms with Gasteiger partial charge in [0.25, 0.3) is 0 Å². The van der Waals surface area contributed by atoms with E-state index in [1.165, 1.54) is 6.42 Å². The molecule has 0 aromatic heterocycles. The highest BCUT2D eigenvalue weighted by molar-refractivity contribution is 5.79. The molecule has 1 aliphatic rings. The van der Waals surface area contributed by atoms with Crippen molar-refractivity contribution in [3.05, 3.63) is 29.8 Å². The number of benzene rings is 1. The second kappa shape index (κ2) is 5.21. The molecule has 0 unspecified atom stereocenters. The number of carbonyl (C=O) groups is 1. The predicted molar refractivity (Wildman–Crippen MR) is 69.6 cm³/mol. The Morgan fingerprint density at radius 1 is 1.35 bits per heavy atom. The van der Waals surface area contributed by atoms with Crippen molar-refractivity contribution < 1.29 is 4.79 Å². The van der Waals surface area contributed by atoms with Crippen LogP contribution >= 0.6 is 0 Å². The summed E-state index contributed by atoms with van der Waals surface area (Å²) in [5.41, 5.74) is 7.41. The van der Waals surface area contributed by atoms with Crippen molar-refractivity contribution in [2.45, 2.75) is 38.6 Å². The number of carbonyl (C=O) groups excluding carboxylic acids is 1. The van der Waals surface area contributed by atoms with Gasteiger partial charge in [0, 0.05) is 18.3 Å². The molecular formula is C14H20N2O. The van der Waals surface area contributed by atoms with E-state index in [9.17, 15) is 4.79 Å². The standard InChI is InChI=1S/C14H20N2O/c1-11-4-2-3-9-16(11)14(17)10-12-5-7-13(15)8-6-12/h5-8,11H,2-4,9-10,15H2,1H3/t11-/m0/s1. The number of anilines is 1. The Balaban J connectivity index is 1.98. The van der Waals surface area contributed by atoms with Gasteiger partial charge in [0.05, 0.1) is 6.42 Å². The summed E-state index contributed by atoms with van der Waals surface area (Å²) >= 11 is 0. The minimum Gasteiger partial charge on any atom is -0.399 e. The topological polar surface area (TPSA) is 46.3 Å². The molecule has 1 saturated heterocycles. The molecule has 0 saturated carbocycles. The molecule has 2 N–H and O–H groups in total. The molecule has 0 bridgehead atoms. The van der Waals surface area contributed by atoms with Crippen LogP contribution in [0.3, 0.4) is 0 Å². The van der Waals surface area contributed by atoms with E-state index in [-0.39, 0.29) is 5.91 Å². The summed E-state index contributed by atoms with van der Waals surface area (Å²) in [6.45, 7) is 3.05. The van der Waals surface area contributed by atoms with Crippen LogP contribution in [0, 0.1) is 0 Å². The van der Waals surface area contributed by atoms with Crippen LogP contribution in [-0.2, 0) is 11.2 Å². The highest BCUT2D eigenvalue weighted by Gasteiger charge is 2.22. The lowest BCUT2D eigenvalue weighted by molar-refractivity contribution is -0.133. The maximum Gasteiger partial charge on any atom is 0.227 e. The second-order valence-electron chi connectivity index (χ2n) is 4.85. The molecule has 1 aromatic rings. The predicted octanol–water partition coefficient (Wildman–Crippen LogP) is 2.21. The molecule has 2 rings (SSSR count). The molecule has 1 fully saturated rings. The van der Waals surface area contributed by atoms with Gasteiger partial charge in [-0.05, 0) is 43.9 Å². The average Bonchev–Trinajstić information content (AvgIpc) is 2.32. The van der Waals surface area contributed by atoms with Crippen molar-refractivity contribution in [2.24, 2.45) is 0 Å². The monoisotopic (exact) mass is 232 g/mol. The Hall–Kier alpha value is -1.51. The van der Waals surface area contributed by atoms with Crippen LogP contribution in [0.15, 0.2) is 24.3 Å².